The van der Waals surface area contributed by atoms with Gasteiger partial charge < -0.3 is 0 Å². The van der Waals surface area contributed by atoms with Crippen molar-refractivity contribution in [1.29, 1.82) is 0 Å². The second-order valence-electron chi connectivity index (χ2n) is 1.87. The smallest absolute Gasteiger partial charge is 0.274 e. The first-order valence-electron chi connectivity index (χ1n) is 3.08. The molecule has 1 amide bonds. The number of aromatic nitrogens is 1. The van der Waals surface area contributed by atoms with E-state index in [1.54, 1.807) is 24.5 Å². The third kappa shape index (κ3) is 2.01. The van der Waals surface area contributed by atoms with E-state index >= 15 is 0 Å². The monoisotopic (exact) mass is 152 g/mol. The number of nitrogens with one attached hydrogen (secondary N) is 1. The highest BCUT2D eigenvalue weighted by atomic mass is 16.6. The van der Waals surface area contributed by atoms with E-state index in [1.165, 1.54) is 7.11 Å². The van der Waals surface area contributed by atoms with Crippen molar-refractivity contribution < 1.29 is 9.63 Å². The molecule has 0 unspecified atom stereocenters. The van der Waals surface area contributed by atoms with E-state index in [0.29, 0.717) is 5.56 Å². The molecule has 1 heterocycles. The average molecular weight is 152 g/mol. The van der Waals surface area contributed by atoms with Crippen LogP contribution in [0.4, 0.5) is 0 Å². The normalized spacial score (nSPS) is 9.18. The molecular weight excluding hydrogens is 144 g/mol. The van der Waals surface area contributed by atoms with Crippen molar-refractivity contribution in [1.82, 2.24) is 10.5 Å². The van der Waals surface area contributed by atoms with Gasteiger partial charge in [0.15, 0.2) is 0 Å². The summed E-state index contributed by atoms with van der Waals surface area (Å²) in [6.07, 6.45) is 3.09. The summed E-state index contributed by atoms with van der Waals surface area (Å²) in [7, 11) is 1.39. The summed E-state index contributed by atoms with van der Waals surface area (Å²) < 4.78 is 0. The molecule has 4 heteroatoms. The number of pyridine rings is 1. The maximum atomic E-state index is 11.0. The van der Waals surface area contributed by atoms with E-state index in [2.05, 4.69) is 15.3 Å². The first-order valence-corrected chi connectivity index (χ1v) is 3.08. The summed E-state index contributed by atoms with van der Waals surface area (Å²) in [6.45, 7) is 0. The highest BCUT2D eigenvalue weighted by Gasteiger charge is 2.01. The molecule has 0 aliphatic heterocycles. The molecule has 0 saturated heterocycles. The van der Waals surface area contributed by atoms with Gasteiger partial charge in [0, 0.05) is 18.0 Å². The summed E-state index contributed by atoms with van der Waals surface area (Å²) in [6, 6.07) is 3.21. The highest BCUT2D eigenvalue weighted by molar-refractivity contribution is 5.93. The van der Waals surface area contributed by atoms with Crippen molar-refractivity contribution in [2.24, 2.45) is 0 Å². The van der Waals surface area contributed by atoms with Crippen LogP contribution in [-0.4, -0.2) is 18.0 Å². The molecule has 0 atom stereocenters. The second-order valence-corrected chi connectivity index (χ2v) is 1.87. The van der Waals surface area contributed by atoms with Crippen molar-refractivity contribution in [3.8, 4) is 0 Å². The molecular formula is C7H8N2O2. The Labute approximate surface area is 64.2 Å². The van der Waals surface area contributed by atoms with Gasteiger partial charge in [-0.1, -0.05) is 0 Å². The predicted octanol–water partition coefficient (Wildman–Crippen LogP) is 0.373. The molecule has 0 spiro atoms. The molecule has 0 radical (unpaired) electrons. The molecule has 1 aromatic rings. The van der Waals surface area contributed by atoms with Crippen LogP contribution in [0.25, 0.3) is 0 Å². The SMILES string of the molecule is CONC(=O)c1ccncc1. The zero-order valence-corrected chi connectivity index (χ0v) is 6.07. The van der Waals surface area contributed by atoms with E-state index in [9.17, 15) is 4.79 Å². The summed E-state index contributed by atoms with van der Waals surface area (Å²) in [4.78, 5) is 19.2. The van der Waals surface area contributed by atoms with Crippen LogP contribution in [0.15, 0.2) is 24.5 Å². The van der Waals surface area contributed by atoms with E-state index in [0.717, 1.165) is 0 Å². The zero-order valence-electron chi connectivity index (χ0n) is 6.07. The number of carbonyl (C=O) groups excluding carboxylic acids is 1. The van der Waals surface area contributed by atoms with Crippen LogP contribution in [0, 0.1) is 0 Å². The Balaban J connectivity index is 2.69. The van der Waals surface area contributed by atoms with Gasteiger partial charge in [0.2, 0.25) is 0 Å². The van der Waals surface area contributed by atoms with Crippen molar-refractivity contribution in [2.75, 3.05) is 7.11 Å². The molecule has 4 nitrogen and oxygen atoms in total. The number of carbonyl (C=O) groups is 1. The molecule has 0 fully saturated rings. The molecule has 1 aromatic heterocycles. The fraction of sp³-hybridized carbons (Fsp3) is 0.143. The van der Waals surface area contributed by atoms with E-state index in [1.807, 2.05) is 0 Å². The quantitative estimate of drug-likeness (QED) is 0.623. The molecule has 0 aromatic carbocycles. The summed E-state index contributed by atoms with van der Waals surface area (Å²) in [5, 5.41) is 0. The van der Waals surface area contributed by atoms with Crippen LogP contribution in [0.3, 0.4) is 0 Å². The lowest BCUT2D eigenvalue weighted by molar-refractivity contribution is 0.0537. The third-order valence-electron chi connectivity index (χ3n) is 1.14. The largest absolute Gasteiger partial charge is 0.277 e. The van der Waals surface area contributed by atoms with Gasteiger partial charge in [-0.05, 0) is 12.1 Å². The highest BCUT2D eigenvalue weighted by Crippen LogP contribution is 1.94. The molecule has 58 valence electrons. The number of rotatable bonds is 2. The van der Waals surface area contributed by atoms with Crippen LogP contribution in [-0.2, 0) is 4.84 Å². The van der Waals surface area contributed by atoms with Gasteiger partial charge in [-0.2, -0.15) is 0 Å². The fourth-order valence-corrected chi connectivity index (χ4v) is 0.655. The van der Waals surface area contributed by atoms with Crippen molar-refractivity contribution in [3.63, 3.8) is 0 Å². The van der Waals surface area contributed by atoms with Crippen LogP contribution in [0.2, 0.25) is 0 Å². The first kappa shape index (κ1) is 7.68. The summed E-state index contributed by atoms with van der Waals surface area (Å²) >= 11 is 0. The average Bonchev–Trinajstić information content (AvgIpc) is 2.07. The minimum Gasteiger partial charge on any atom is -0.277 e. The van der Waals surface area contributed by atoms with E-state index in [4.69, 9.17) is 0 Å². The van der Waals surface area contributed by atoms with Gasteiger partial charge in [0.05, 0.1) is 7.11 Å². The molecule has 11 heavy (non-hydrogen) atoms. The number of hydrogen-bond acceptors (Lipinski definition) is 3. The van der Waals surface area contributed by atoms with Crippen molar-refractivity contribution in [2.45, 2.75) is 0 Å². The topological polar surface area (TPSA) is 51.2 Å². The van der Waals surface area contributed by atoms with Gasteiger partial charge in [-0.25, -0.2) is 5.48 Å². The Kier molecular flexibility index (Phi) is 2.57. The summed E-state index contributed by atoms with van der Waals surface area (Å²) in [5.41, 5.74) is 2.72. The van der Waals surface area contributed by atoms with Crippen molar-refractivity contribution >= 4 is 5.91 Å². The lowest BCUT2D eigenvalue weighted by atomic mass is 10.3. The number of hydrogen-bond donors (Lipinski definition) is 1. The zero-order chi connectivity index (χ0) is 8.10. The Morgan fingerprint density at radius 1 is 1.55 bits per heavy atom. The molecule has 0 saturated carbocycles. The number of hydroxylamine groups is 1. The molecule has 1 rings (SSSR count). The van der Waals surface area contributed by atoms with E-state index < -0.39 is 0 Å². The fourth-order valence-electron chi connectivity index (χ4n) is 0.655. The maximum Gasteiger partial charge on any atom is 0.274 e. The van der Waals surface area contributed by atoms with Gasteiger partial charge in [0.25, 0.3) is 5.91 Å². The number of amides is 1. The molecule has 0 aliphatic carbocycles. The molecule has 0 aliphatic rings. The van der Waals surface area contributed by atoms with Crippen LogP contribution in [0.1, 0.15) is 10.4 Å². The Morgan fingerprint density at radius 2 is 2.18 bits per heavy atom. The van der Waals surface area contributed by atoms with Gasteiger partial charge in [-0.3, -0.25) is 14.6 Å². The molecule has 1 N–H and O–H groups in total. The Bertz CT molecular complexity index is 235. The molecule has 0 bridgehead atoms. The Hall–Kier alpha value is -1.42. The minimum absolute atomic E-state index is 0.269. The lowest BCUT2D eigenvalue weighted by Gasteiger charge is -1.99. The van der Waals surface area contributed by atoms with Gasteiger partial charge in [-0.15, -0.1) is 0 Å². The van der Waals surface area contributed by atoms with Gasteiger partial charge >= 0.3 is 0 Å². The Morgan fingerprint density at radius 3 is 2.73 bits per heavy atom. The first-order chi connectivity index (χ1) is 5.34. The summed E-state index contributed by atoms with van der Waals surface area (Å²) in [5.74, 6) is -0.269. The van der Waals surface area contributed by atoms with Crippen LogP contribution < -0.4 is 5.48 Å². The van der Waals surface area contributed by atoms with E-state index in [-0.39, 0.29) is 5.91 Å². The van der Waals surface area contributed by atoms with Crippen LogP contribution >= 0.6 is 0 Å². The minimum atomic E-state index is -0.269. The maximum absolute atomic E-state index is 11.0. The third-order valence-corrected chi connectivity index (χ3v) is 1.14. The predicted molar refractivity (Wildman–Crippen MR) is 38.7 cm³/mol. The van der Waals surface area contributed by atoms with Gasteiger partial charge in [0.1, 0.15) is 0 Å². The lowest BCUT2D eigenvalue weighted by Crippen LogP contribution is -2.21. The standard InChI is InChI=1S/C7H8N2O2/c1-11-9-7(10)6-2-4-8-5-3-6/h2-5H,1H3,(H,9,10). The van der Waals surface area contributed by atoms with Crippen molar-refractivity contribution in [3.05, 3.63) is 30.1 Å². The second kappa shape index (κ2) is 3.68. The number of nitrogens with zero attached hydrogens (tertiary/aromatic N) is 1. The van der Waals surface area contributed by atoms with Crippen LogP contribution in [0.5, 0.6) is 0 Å².